The van der Waals surface area contributed by atoms with Gasteiger partial charge in [-0.15, -0.1) is 0 Å². The molecule has 14 heteroatoms. The maximum absolute atomic E-state index is 14.6. The highest BCUT2D eigenvalue weighted by molar-refractivity contribution is 5.80. The Morgan fingerprint density at radius 2 is 1.38 bits per heavy atom. The fourth-order valence-electron chi connectivity index (χ4n) is 2.98. The van der Waals surface area contributed by atoms with Crippen molar-refractivity contribution in [2.24, 2.45) is 5.92 Å². The zero-order valence-corrected chi connectivity index (χ0v) is 17.9. The average Bonchev–Trinajstić information content (AvgIpc) is 2.63. The van der Waals surface area contributed by atoms with Gasteiger partial charge in [-0.05, 0) is 39.2 Å². The molecular formula is C20H21F11O3. The van der Waals surface area contributed by atoms with E-state index in [9.17, 15) is 58.2 Å². The monoisotopic (exact) mass is 518 g/mol. The molecular weight excluding hydrogens is 497 g/mol. The highest BCUT2D eigenvalue weighted by Crippen LogP contribution is 2.54. The van der Waals surface area contributed by atoms with Gasteiger partial charge in [0.05, 0.1) is 0 Å². The van der Waals surface area contributed by atoms with Gasteiger partial charge in [-0.25, -0.2) is 9.18 Å². The van der Waals surface area contributed by atoms with E-state index >= 15 is 0 Å². The van der Waals surface area contributed by atoms with Crippen LogP contribution in [0.1, 0.15) is 32.8 Å². The molecule has 1 rings (SSSR count). The Bertz CT molecular complexity index is 829. The van der Waals surface area contributed by atoms with Crippen LogP contribution in [0.3, 0.4) is 0 Å². The van der Waals surface area contributed by atoms with Gasteiger partial charge in [0.2, 0.25) is 0 Å². The van der Waals surface area contributed by atoms with Crippen LogP contribution in [-0.2, 0) is 16.0 Å². The fraction of sp³-hybridized carbons (Fsp3) is 0.650. The minimum Gasteiger partial charge on any atom is -0.458 e. The summed E-state index contributed by atoms with van der Waals surface area (Å²) in [5.41, 5.74) is -5.88. The molecule has 34 heavy (non-hydrogen) atoms. The zero-order valence-electron chi connectivity index (χ0n) is 17.9. The minimum atomic E-state index is -7.27. The fourth-order valence-corrected chi connectivity index (χ4v) is 2.98. The maximum atomic E-state index is 14.6. The smallest absolute Gasteiger partial charge is 0.458 e. The van der Waals surface area contributed by atoms with E-state index in [1.54, 1.807) is 0 Å². The number of carbonyl (C=O) groups is 1. The van der Waals surface area contributed by atoms with Crippen LogP contribution >= 0.6 is 0 Å². The van der Waals surface area contributed by atoms with Gasteiger partial charge in [-0.2, -0.15) is 43.9 Å². The van der Waals surface area contributed by atoms with Crippen LogP contribution < -0.4 is 0 Å². The topological polar surface area (TPSA) is 46.5 Å². The molecule has 0 spiro atoms. The molecule has 0 aliphatic rings. The molecule has 3 nitrogen and oxygen atoms in total. The Balaban J connectivity index is 3.67. The first kappa shape index (κ1) is 29.9. The molecule has 3 unspecified atom stereocenters. The molecule has 0 radical (unpaired) electrons. The van der Waals surface area contributed by atoms with Gasteiger partial charge >= 0.3 is 30.2 Å². The molecule has 1 aromatic rings. The van der Waals surface area contributed by atoms with E-state index in [-0.39, 0.29) is 5.56 Å². The van der Waals surface area contributed by atoms with E-state index in [0.29, 0.717) is 0 Å². The number of carbonyl (C=O) groups excluding carboxylic acids is 1. The largest absolute Gasteiger partial charge is 0.459 e. The summed E-state index contributed by atoms with van der Waals surface area (Å²) in [6, 6.07) is 6.70. The first-order valence-corrected chi connectivity index (χ1v) is 9.51. The zero-order chi connectivity index (χ0) is 27.0. The summed E-state index contributed by atoms with van der Waals surface area (Å²) in [7, 11) is 0. The van der Waals surface area contributed by atoms with Crippen molar-refractivity contribution in [3.05, 3.63) is 35.9 Å². The van der Waals surface area contributed by atoms with Gasteiger partial charge in [0.25, 0.3) is 0 Å². The third-order valence-electron chi connectivity index (χ3n) is 4.67. The lowest BCUT2D eigenvalue weighted by atomic mass is 9.76. The van der Waals surface area contributed by atoms with Crippen molar-refractivity contribution in [2.45, 2.75) is 75.2 Å². The molecule has 0 bridgehead atoms. The summed E-state index contributed by atoms with van der Waals surface area (Å²) < 4.78 is 152. The SMILES string of the molecule is CC(C)(C)OC(=O)C(O)(CCc1ccccc1)C(C(F)C(F)(F)C(F)(F)C(F)(F)F)C(F)(F)F. The first-order chi connectivity index (χ1) is 15.0. The summed E-state index contributed by atoms with van der Waals surface area (Å²) in [4.78, 5) is 12.5. The maximum Gasteiger partial charge on any atom is 0.459 e. The molecule has 0 aliphatic heterocycles. The van der Waals surface area contributed by atoms with Crippen molar-refractivity contribution in [3.63, 3.8) is 0 Å². The number of esters is 1. The van der Waals surface area contributed by atoms with Gasteiger partial charge in [-0.1, -0.05) is 30.3 Å². The van der Waals surface area contributed by atoms with Gasteiger partial charge < -0.3 is 9.84 Å². The molecule has 1 aromatic carbocycles. The first-order valence-electron chi connectivity index (χ1n) is 9.51. The lowest BCUT2D eigenvalue weighted by Crippen LogP contribution is -2.65. The highest BCUT2D eigenvalue weighted by Gasteiger charge is 2.80. The minimum absolute atomic E-state index is 0.105. The van der Waals surface area contributed by atoms with Crippen LogP contribution in [0, 0.1) is 5.92 Å². The molecule has 3 atom stereocenters. The Morgan fingerprint density at radius 3 is 1.76 bits per heavy atom. The van der Waals surface area contributed by atoms with Crippen LogP contribution in [0.5, 0.6) is 0 Å². The number of aryl methyl sites for hydroxylation is 1. The van der Waals surface area contributed by atoms with Crippen molar-refractivity contribution in [2.75, 3.05) is 0 Å². The Morgan fingerprint density at radius 1 is 0.912 bits per heavy atom. The average molecular weight is 518 g/mol. The summed E-state index contributed by atoms with van der Waals surface area (Å²) in [5.74, 6) is -21.3. The second-order valence-corrected chi connectivity index (χ2v) is 8.53. The van der Waals surface area contributed by atoms with Gasteiger partial charge in [0, 0.05) is 0 Å². The van der Waals surface area contributed by atoms with Crippen molar-refractivity contribution in [3.8, 4) is 0 Å². The predicted molar refractivity (Wildman–Crippen MR) is 95.9 cm³/mol. The Hall–Kier alpha value is -2.12. The molecule has 0 saturated heterocycles. The lowest BCUT2D eigenvalue weighted by molar-refractivity contribution is -0.380. The van der Waals surface area contributed by atoms with Gasteiger partial charge in [-0.3, -0.25) is 0 Å². The molecule has 1 N–H and O–H groups in total. The van der Waals surface area contributed by atoms with Crippen LogP contribution in [0.4, 0.5) is 48.3 Å². The van der Waals surface area contributed by atoms with E-state index in [1.165, 1.54) is 30.3 Å². The predicted octanol–water partition coefficient (Wildman–Crippen LogP) is 6.04. The quantitative estimate of drug-likeness (QED) is 0.337. The number of hydrogen-bond donors (Lipinski definition) is 1. The molecule has 0 saturated carbocycles. The van der Waals surface area contributed by atoms with Crippen molar-refractivity contribution < 1.29 is 62.9 Å². The second kappa shape index (κ2) is 9.50. The normalized spacial score (nSPS) is 17.6. The summed E-state index contributed by atoms with van der Waals surface area (Å²) in [5, 5.41) is 10.6. The lowest BCUT2D eigenvalue weighted by Gasteiger charge is -2.41. The number of rotatable bonds is 8. The number of ether oxygens (including phenoxy) is 1. The molecule has 0 aromatic heterocycles. The Labute approximate surface area is 186 Å². The number of benzene rings is 1. The standard InChI is InChI=1S/C20H21F11O3/c1-15(2,3)34-14(32)16(33,10-9-11-7-5-4-6-8-11)12(18(24,25)26)13(21)17(22,23)19(27,28)20(29,30)31/h4-8,12-13,33H,9-10H2,1-3H3. The highest BCUT2D eigenvalue weighted by atomic mass is 19.4. The van der Waals surface area contributed by atoms with Crippen LogP contribution in [0.2, 0.25) is 0 Å². The van der Waals surface area contributed by atoms with E-state index in [4.69, 9.17) is 0 Å². The molecule has 0 heterocycles. The van der Waals surface area contributed by atoms with E-state index < -0.39 is 66.3 Å². The summed E-state index contributed by atoms with van der Waals surface area (Å²) >= 11 is 0. The molecule has 0 amide bonds. The number of hydrogen-bond acceptors (Lipinski definition) is 3. The van der Waals surface area contributed by atoms with E-state index in [1.807, 2.05) is 0 Å². The van der Waals surface area contributed by atoms with Gasteiger partial charge in [0.1, 0.15) is 11.5 Å². The molecule has 0 fully saturated rings. The number of alkyl halides is 11. The van der Waals surface area contributed by atoms with Gasteiger partial charge in [0.15, 0.2) is 11.8 Å². The van der Waals surface area contributed by atoms with Crippen molar-refractivity contribution >= 4 is 5.97 Å². The summed E-state index contributed by atoms with van der Waals surface area (Å²) in [6.07, 6.45) is -21.1. The van der Waals surface area contributed by atoms with Crippen molar-refractivity contribution in [1.82, 2.24) is 0 Å². The van der Waals surface area contributed by atoms with Crippen molar-refractivity contribution in [1.29, 1.82) is 0 Å². The second-order valence-electron chi connectivity index (χ2n) is 8.53. The van der Waals surface area contributed by atoms with E-state index in [2.05, 4.69) is 4.74 Å². The van der Waals surface area contributed by atoms with Crippen LogP contribution in [0.15, 0.2) is 30.3 Å². The molecule has 196 valence electrons. The van der Waals surface area contributed by atoms with Crippen LogP contribution in [0.25, 0.3) is 0 Å². The third-order valence-corrected chi connectivity index (χ3v) is 4.67. The summed E-state index contributed by atoms with van der Waals surface area (Å²) in [6.45, 7) is 3.22. The molecule has 0 aliphatic carbocycles. The van der Waals surface area contributed by atoms with E-state index in [0.717, 1.165) is 20.8 Å². The third kappa shape index (κ3) is 6.30. The van der Waals surface area contributed by atoms with Crippen LogP contribution in [-0.4, -0.2) is 52.6 Å². The number of aliphatic hydroxyl groups is 1. The Kier molecular flexibility index (Phi) is 8.35. The number of halogens is 11.